The number of carbonyl (C=O) groups is 1. The molecular formula is C15H21FN2O. The molecule has 4 heteroatoms. The van der Waals surface area contributed by atoms with Gasteiger partial charge < -0.3 is 11.1 Å². The number of carbonyl (C=O) groups excluding carboxylic acids is 1. The summed E-state index contributed by atoms with van der Waals surface area (Å²) in [5.74, 6) is -0.719. The van der Waals surface area contributed by atoms with Crippen LogP contribution >= 0.6 is 0 Å². The second-order valence-electron chi connectivity index (χ2n) is 6.20. The van der Waals surface area contributed by atoms with E-state index in [0.29, 0.717) is 5.56 Å². The molecule has 1 unspecified atom stereocenters. The van der Waals surface area contributed by atoms with Gasteiger partial charge in [0.2, 0.25) is 0 Å². The number of halogens is 1. The molecule has 1 aromatic rings. The van der Waals surface area contributed by atoms with Crippen LogP contribution in [-0.2, 0) is 0 Å². The second kappa shape index (κ2) is 5.19. The monoisotopic (exact) mass is 264 g/mol. The molecule has 0 bridgehead atoms. The van der Waals surface area contributed by atoms with E-state index in [1.807, 2.05) is 0 Å². The van der Waals surface area contributed by atoms with Crippen LogP contribution in [0.2, 0.25) is 0 Å². The van der Waals surface area contributed by atoms with E-state index in [1.165, 1.54) is 24.6 Å². The highest BCUT2D eigenvalue weighted by Crippen LogP contribution is 2.35. The van der Waals surface area contributed by atoms with Crippen molar-refractivity contribution in [2.24, 2.45) is 5.41 Å². The highest BCUT2D eigenvalue weighted by atomic mass is 19.1. The fourth-order valence-electron chi connectivity index (χ4n) is 2.83. The fourth-order valence-corrected chi connectivity index (χ4v) is 2.83. The van der Waals surface area contributed by atoms with Crippen molar-refractivity contribution in [3.8, 4) is 0 Å². The zero-order chi connectivity index (χ0) is 14.0. The molecule has 3 N–H and O–H groups in total. The Hall–Kier alpha value is -1.58. The van der Waals surface area contributed by atoms with Crippen LogP contribution in [0.3, 0.4) is 0 Å². The van der Waals surface area contributed by atoms with Gasteiger partial charge in [-0.05, 0) is 42.9 Å². The Labute approximate surface area is 113 Å². The summed E-state index contributed by atoms with van der Waals surface area (Å²) in [6.07, 6.45) is 4.25. The molecule has 0 heterocycles. The summed E-state index contributed by atoms with van der Waals surface area (Å²) in [5, 5.41) is 2.98. The maximum atomic E-state index is 13.2. The molecule has 1 aliphatic rings. The third-order valence-electron chi connectivity index (χ3n) is 3.72. The smallest absolute Gasteiger partial charge is 0.251 e. The van der Waals surface area contributed by atoms with Crippen LogP contribution in [0.15, 0.2) is 18.2 Å². The van der Waals surface area contributed by atoms with E-state index in [9.17, 15) is 9.18 Å². The number of benzene rings is 1. The number of amides is 1. The first kappa shape index (κ1) is 13.8. The van der Waals surface area contributed by atoms with Gasteiger partial charge in [0.25, 0.3) is 5.91 Å². The molecule has 1 aromatic carbocycles. The lowest BCUT2D eigenvalue weighted by Crippen LogP contribution is -2.40. The maximum Gasteiger partial charge on any atom is 0.251 e. The minimum absolute atomic E-state index is 0.167. The average Bonchev–Trinajstić information content (AvgIpc) is 2.26. The molecule has 1 aliphatic carbocycles. The van der Waals surface area contributed by atoms with Crippen LogP contribution < -0.4 is 11.1 Å². The summed E-state index contributed by atoms with van der Waals surface area (Å²) in [7, 11) is 0. The topological polar surface area (TPSA) is 55.1 Å². The lowest BCUT2D eigenvalue weighted by Gasteiger charge is -2.35. The van der Waals surface area contributed by atoms with Crippen molar-refractivity contribution in [3.05, 3.63) is 29.6 Å². The minimum Gasteiger partial charge on any atom is -0.399 e. The Balaban J connectivity index is 2.04. The summed E-state index contributed by atoms with van der Waals surface area (Å²) in [5.41, 5.74) is 6.38. The van der Waals surface area contributed by atoms with Gasteiger partial charge >= 0.3 is 0 Å². The summed E-state index contributed by atoms with van der Waals surface area (Å²) in [6.45, 7) is 4.43. The van der Waals surface area contributed by atoms with Crippen LogP contribution in [0.1, 0.15) is 49.9 Å². The van der Waals surface area contributed by atoms with Crippen LogP contribution in [0, 0.1) is 11.2 Å². The van der Waals surface area contributed by atoms with Crippen molar-refractivity contribution in [3.63, 3.8) is 0 Å². The number of nitrogens with two attached hydrogens (primary N) is 1. The minimum atomic E-state index is -0.478. The van der Waals surface area contributed by atoms with Gasteiger partial charge in [-0.25, -0.2) is 4.39 Å². The van der Waals surface area contributed by atoms with Crippen LogP contribution in [0.5, 0.6) is 0 Å². The molecule has 0 aromatic heterocycles. The Morgan fingerprint density at radius 1 is 1.42 bits per heavy atom. The molecule has 1 fully saturated rings. The Kier molecular flexibility index (Phi) is 3.78. The molecule has 1 atom stereocenters. The van der Waals surface area contributed by atoms with Crippen LogP contribution in [0.25, 0.3) is 0 Å². The summed E-state index contributed by atoms with van der Waals surface area (Å²) in [4.78, 5) is 12.1. The first-order valence-electron chi connectivity index (χ1n) is 6.73. The zero-order valence-corrected chi connectivity index (χ0v) is 11.5. The van der Waals surface area contributed by atoms with Gasteiger partial charge in [0.1, 0.15) is 5.82 Å². The molecule has 2 rings (SSSR count). The predicted molar refractivity (Wildman–Crippen MR) is 74.3 cm³/mol. The van der Waals surface area contributed by atoms with Gasteiger partial charge in [0, 0.05) is 17.3 Å². The summed E-state index contributed by atoms with van der Waals surface area (Å²) >= 11 is 0. The van der Waals surface area contributed by atoms with Gasteiger partial charge in [-0.15, -0.1) is 0 Å². The first-order valence-corrected chi connectivity index (χ1v) is 6.73. The van der Waals surface area contributed by atoms with E-state index in [1.54, 1.807) is 0 Å². The number of nitrogens with one attached hydrogen (secondary N) is 1. The van der Waals surface area contributed by atoms with Gasteiger partial charge in [-0.1, -0.05) is 20.3 Å². The number of nitrogen functional groups attached to an aromatic ring is 1. The predicted octanol–water partition coefficient (Wildman–Crippen LogP) is 3.11. The van der Waals surface area contributed by atoms with Gasteiger partial charge in [0.15, 0.2) is 0 Å². The van der Waals surface area contributed by atoms with E-state index >= 15 is 0 Å². The fraction of sp³-hybridized carbons (Fsp3) is 0.533. The van der Waals surface area contributed by atoms with E-state index in [0.717, 1.165) is 19.3 Å². The molecule has 1 saturated carbocycles. The van der Waals surface area contributed by atoms with E-state index < -0.39 is 5.82 Å². The van der Waals surface area contributed by atoms with Crippen molar-refractivity contribution in [1.29, 1.82) is 0 Å². The maximum absolute atomic E-state index is 13.2. The van der Waals surface area contributed by atoms with Crippen molar-refractivity contribution in [1.82, 2.24) is 5.32 Å². The second-order valence-corrected chi connectivity index (χ2v) is 6.20. The molecule has 0 aliphatic heterocycles. The Morgan fingerprint density at radius 3 is 2.79 bits per heavy atom. The third-order valence-corrected chi connectivity index (χ3v) is 3.72. The molecular weight excluding hydrogens is 243 g/mol. The molecule has 0 saturated heterocycles. The van der Waals surface area contributed by atoms with E-state index in [4.69, 9.17) is 5.73 Å². The quantitative estimate of drug-likeness (QED) is 0.806. The van der Waals surface area contributed by atoms with Crippen molar-refractivity contribution in [2.45, 2.75) is 45.6 Å². The average molecular weight is 264 g/mol. The van der Waals surface area contributed by atoms with Crippen molar-refractivity contribution >= 4 is 11.6 Å². The summed E-state index contributed by atoms with van der Waals surface area (Å²) < 4.78 is 13.2. The van der Waals surface area contributed by atoms with Crippen molar-refractivity contribution in [2.75, 3.05) is 5.73 Å². The number of hydrogen-bond donors (Lipinski definition) is 2. The van der Waals surface area contributed by atoms with Crippen LogP contribution in [-0.4, -0.2) is 11.9 Å². The van der Waals surface area contributed by atoms with Gasteiger partial charge in [-0.2, -0.15) is 0 Å². The first-order chi connectivity index (χ1) is 8.85. The SMILES string of the molecule is CC1(C)CCCC(NC(=O)c2cc(N)cc(F)c2)C1. The number of anilines is 1. The number of rotatable bonds is 2. The lowest BCUT2D eigenvalue weighted by atomic mass is 9.75. The van der Waals surface area contributed by atoms with Crippen LogP contribution in [0.4, 0.5) is 10.1 Å². The summed E-state index contributed by atoms with van der Waals surface area (Å²) in [6, 6.07) is 4.10. The Morgan fingerprint density at radius 2 is 2.16 bits per heavy atom. The van der Waals surface area contributed by atoms with Gasteiger partial charge in [0.05, 0.1) is 0 Å². The van der Waals surface area contributed by atoms with E-state index in [-0.39, 0.29) is 23.1 Å². The zero-order valence-electron chi connectivity index (χ0n) is 11.5. The molecule has 0 spiro atoms. The van der Waals surface area contributed by atoms with Crippen molar-refractivity contribution < 1.29 is 9.18 Å². The molecule has 3 nitrogen and oxygen atoms in total. The third kappa shape index (κ3) is 3.69. The lowest BCUT2D eigenvalue weighted by molar-refractivity contribution is 0.0902. The highest BCUT2D eigenvalue weighted by molar-refractivity contribution is 5.95. The molecule has 104 valence electrons. The molecule has 19 heavy (non-hydrogen) atoms. The standard InChI is InChI=1S/C15H21FN2O/c1-15(2)5-3-4-13(9-15)18-14(19)10-6-11(16)8-12(17)7-10/h6-8,13H,3-5,9,17H2,1-2H3,(H,18,19). The highest BCUT2D eigenvalue weighted by Gasteiger charge is 2.28. The molecule has 0 radical (unpaired) electrons. The Bertz CT molecular complexity index is 465. The molecule has 1 amide bonds. The number of hydrogen-bond acceptors (Lipinski definition) is 2. The largest absolute Gasteiger partial charge is 0.399 e. The van der Waals surface area contributed by atoms with E-state index in [2.05, 4.69) is 19.2 Å². The van der Waals surface area contributed by atoms with Gasteiger partial charge in [-0.3, -0.25) is 4.79 Å². The normalized spacial score (nSPS) is 21.9.